The molecular weight excluding hydrogens is 355 g/mol. The van der Waals surface area contributed by atoms with Gasteiger partial charge in [-0.05, 0) is 43.0 Å². The van der Waals surface area contributed by atoms with Crippen molar-refractivity contribution in [2.75, 3.05) is 0 Å². The zero-order valence-corrected chi connectivity index (χ0v) is 14.8. The second-order valence-electron chi connectivity index (χ2n) is 6.32. The first kappa shape index (κ1) is 16.8. The summed E-state index contributed by atoms with van der Waals surface area (Å²) in [6.45, 7) is 1.63. The molecule has 0 unspecified atom stereocenters. The van der Waals surface area contributed by atoms with Crippen molar-refractivity contribution in [2.45, 2.75) is 25.8 Å². The summed E-state index contributed by atoms with van der Waals surface area (Å²) in [5, 5.41) is 7.09. The molecular formula is C20H16ClFN2O2. The molecule has 0 spiro atoms. The van der Waals surface area contributed by atoms with E-state index >= 15 is 0 Å². The van der Waals surface area contributed by atoms with Gasteiger partial charge in [-0.3, -0.25) is 4.79 Å². The lowest BCUT2D eigenvalue weighted by atomic mass is 10.0. The predicted molar refractivity (Wildman–Crippen MR) is 96.6 cm³/mol. The lowest BCUT2D eigenvalue weighted by Gasteiger charge is -2.14. The number of fused-ring (bicyclic) bond motifs is 1. The van der Waals surface area contributed by atoms with Gasteiger partial charge in [-0.25, -0.2) is 4.39 Å². The lowest BCUT2D eigenvalue weighted by molar-refractivity contribution is 0.0935. The number of hydrogen-bond donors (Lipinski definition) is 1. The molecule has 0 saturated heterocycles. The van der Waals surface area contributed by atoms with Crippen LogP contribution in [0.5, 0.6) is 0 Å². The Bertz CT molecular complexity index is 979. The molecule has 132 valence electrons. The fourth-order valence-corrected chi connectivity index (χ4v) is 3.72. The number of rotatable bonds is 3. The van der Waals surface area contributed by atoms with Gasteiger partial charge in [0.1, 0.15) is 22.8 Å². The molecule has 4 rings (SSSR count). The molecule has 1 N–H and O–H groups in total. The minimum absolute atomic E-state index is 0.0722. The van der Waals surface area contributed by atoms with Crippen LogP contribution < -0.4 is 5.32 Å². The van der Waals surface area contributed by atoms with E-state index in [1.54, 1.807) is 13.0 Å². The summed E-state index contributed by atoms with van der Waals surface area (Å²) >= 11 is 6.13. The van der Waals surface area contributed by atoms with Crippen molar-refractivity contribution < 1.29 is 13.7 Å². The van der Waals surface area contributed by atoms with Crippen molar-refractivity contribution >= 4 is 17.5 Å². The fraction of sp³-hybridized carbons (Fsp3) is 0.200. The van der Waals surface area contributed by atoms with Gasteiger partial charge in [0.25, 0.3) is 5.91 Å². The second-order valence-corrected chi connectivity index (χ2v) is 6.73. The molecule has 4 nitrogen and oxygen atoms in total. The number of aromatic nitrogens is 1. The average molecular weight is 371 g/mol. The van der Waals surface area contributed by atoms with Crippen molar-refractivity contribution in [3.05, 3.63) is 75.8 Å². The molecule has 26 heavy (non-hydrogen) atoms. The molecule has 1 atom stereocenters. The molecule has 3 aromatic rings. The smallest absolute Gasteiger partial charge is 0.257 e. The highest BCUT2D eigenvalue weighted by atomic mass is 35.5. The largest absolute Gasteiger partial charge is 0.360 e. The van der Waals surface area contributed by atoms with Crippen molar-refractivity contribution in [1.29, 1.82) is 0 Å². The maximum absolute atomic E-state index is 14.3. The maximum Gasteiger partial charge on any atom is 0.257 e. The van der Waals surface area contributed by atoms with E-state index in [1.807, 2.05) is 18.2 Å². The number of aryl methyl sites for hydroxylation is 2. The third kappa shape index (κ3) is 2.78. The molecule has 1 aromatic heterocycles. The minimum atomic E-state index is -0.550. The summed E-state index contributed by atoms with van der Waals surface area (Å²) in [5.74, 6) is -0.575. The van der Waals surface area contributed by atoms with Crippen LogP contribution >= 0.6 is 11.6 Å². The van der Waals surface area contributed by atoms with Gasteiger partial charge in [0.15, 0.2) is 0 Å². The number of amides is 1. The standard InChI is InChI=1S/C20H16ClFN2O2/c1-11-17(19(24-26-11)18-14(21)7-4-8-15(18)22)20(25)23-16-10-9-12-5-2-3-6-13(12)16/h2-8,16H,9-10H2,1H3,(H,23,25)/t16-/m0/s1. The Balaban J connectivity index is 1.69. The van der Waals surface area contributed by atoms with Gasteiger partial charge in [-0.2, -0.15) is 0 Å². The Hall–Kier alpha value is -2.66. The van der Waals surface area contributed by atoms with Crippen LogP contribution in [0.1, 0.15) is 39.7 Å². The van der Waals surface area contributed by atoms with Crippen molar-refractivity contribution in [3.8, 4) is 11.3 Å². The number of halogens is 2. The number of hydrogen-bond acceptors (Lipinski definition) is 3. The van der Waals surface area contributed by atoms with E-state index in [0.29, 0.717) is 5.76 Å². The molecule has 0 radical (unpaired) electrons. The van der Waals surface area contributed by atoms with Crippen molar-refractivity contribution in [3.63, 3.8) is 0 Å². The Morgan fingerprint density at radius 1 is 1.27 bits per heavy atom. The molecule has 1 heterocycles. The monoisotopic (exact) mass is 370 g/mol. The Morgan fingerprint density at radius 3 is 2.88 bits per heavy atom. The van der Waals surface area contributed by atoms with Gasteiger partial charge in [-0.15, -0.1) is 0 Å². The van der Waals surface area contributed by atoms with E-state index in [-0.39, 0.29) is 33.8 Å². The lowest BCUT2D eigenvalue weighted by Crippen LogP contribution is -2.27. The Kier molecular flexibility index (Phi) is 4.24. The van der Waals surface area contributed by atoms with Gasteiger partial charge in [0.2, 0.25) is 0 Å². The quantitative estimate of drug-likeness (QED) is 0.716. The van der Waals surface area contributed by atoms with Gasteiger partial charge in [0.05, 0.1) is 16.6 Å². The van der Waals surface area contributed by atoms with Gasteiger partial charge >= 0.3 is 0 Å². The van der Waals surface area contributed by atoms with Crippen LogP contribution in [0.3, 0.4) is 0 Å². The van der Waals surface area contributed by atoms with E-state index in [2.05, 4.69) is 16.5 Å². The van der Waals surface area contributed by atoms with Gasteiger partial charge < -0.3 is 9.84 Å². The van der Waals surface area contributed by atoms with Crippen LogP contribution in [0.4, 0.5) is 4.39 Å². The predicted octanol–water partition coefficient (Wildman–Crippen LogP) is 4.86. The molecule has 0 fully saturated rings. The summed E-state index contributed by atoms with van der Waals surface area (Å²) in [7, 11) is 0. The highest BCUT2D eigenvalue weighted by molar-refractivity contribution is 6.33. The molecule has 1 aliphatic carbocycles. The molecule has 1 amide bonds. The summed E-state index contributed by atoms with van der Waals surface area (Å²) in [6, 6.07) is 12.3. The van der Waals surface area contributed by atoms with Crippen molar-refractivity contribution in [1.82, 2.24) is 10.5 Å². The molecule has 2 aromatic carbocycles. The van der Waals surface area contributed by atoms with E-state index in [4.69, 9.17) is 16.1 Å². The summed E-state index contributed by atoms with van der Waals surface area (Å²) in [5.41, 5.74) is 2.75. The van der Waals surface area contributed by atoms with Crippen LogP contribution in [-0.4, -0.2) is 11.1 Å². The van der Waals surface area contributed by atoms with E-state index < -0.39 is 5.82 Å². The van der Waals surface area contributed by atoms with E-state index in [0.717, 1.165) is 18.4 Å². The topological polar surface area (TPSA) is 55.1 Å². The first-order chi connectivity index (χ1) is 12.6. The minimum Gasteiger partial charge on any atom is -0.360 e. The Morgan fingerprint density at radius 2 is 2.08 bits per heavy atom. The number of nitrogens with one attached hydrogen (secondary N) is 1. The molecule has 0 bridgehead atoms. The number of carbonyl (C=O) groups excluding carboxylic acids is 1. The number of benzene rings is 2. The Labute approximate surface area is 155 Å². The summed E-state index contributed by atoms with van der Waals surface area (Å²) < 4.78 is 19.5. The van der Waals surface area contributed by atoms with Gasteiger partial charge in [-0.1, -0.05) is 47.1 Å². The van der Waals surface area contributed by atoms with Crippen LogP contribution in [0.15, 0.2) is 47.0 Å². The molecule has 6 heteroatoms. The number of nitrogens with zero attached hydrogens (tertiary/aromatic N) is 1. The molecule has 0 saturated carbocycles. The van der Waals surface area contributed by atoms with E-state index in [9.17, 15) is 9.18 Å². The first-order valence-corrected chi connectivity index (χ1v) is 8.73. The van der Waals surface area contributed by atoms with Crippen LogP contribution in [0.2, 0.25) is 5.02 Å². The zero-order chi connectivity index (χ0) is 18.3. The highest BCUT2D eigenvalue weighted by Crippen LogP contribution is 2.35. The van der Waals surface area contributed by atoms with Crippen LogP contribution in [-0.2, 0) is 6.42 Å². The van der Waals surface area contributed by atoms with E-state index in [1.165, 1.54) is 17.7 Å². The third-order valence-electron chi connectivity index (χ3n) is 4.73. The zero-order valence-electron chi connectivity index (χ0n) is 14.1. The van der Waals surface area contributed by atoms with Gasteiger partial charge in [0, 0.05) is 0 Å². The highest BCUT2D eigenvalue weighted by Gasteiger charge is 2.29. The SMILES string of the molecule is Cc1onc(-c2c(F)cccc2Cl)c1C(=O)N[C@H]1CCc2ccccc21. The maximum atomic E-state index is 14.3. The van der Waals surface area contributed by atoms with Crippen molar-refractivity contribution in [2.24, 2.45) is 0 Å². The molecule has 1 aliphatic rings. The van der Waals surface area contributed by atoms with Crippen LogP contribution in [0.25, 0.3) is 11.3 Å². The third-order valence-corrected chi connectivity index (χ3v) is 5.04. The first-order valence-electron chi connectivity index (χ1n) is 8.35. The summed E-state index contributed by atoms with van der Waals surface area (Å²) in [6.07, 6.45) is 1.74. The fourth-order valence-electron chi connectivity index (χ4n) is 3.47. The number of carbonyl (C=O) groups is 1. The van der Waals surface area contributed by atoms with Crippen LogP contribution in [0, 0.1) is 12.7 Å². The average Bonchev–Trinajstić information content (AvgIpc) is 3.19. The molecule has 0 aliphatic heterocycles. The second kappa shape index (κ2) is 6.57. The summed E-state index contributed by atoms with van der Waals surface area (Å²) in [4.78, 5) is 12.9. The normalized spacial score (nSPS) is 15.7.